The molecule has 0 rings (SSSR count). The lowest BCUT2D eigenvalue weighted by Gasteiger charge is -1.91. The molecule has 2 N–H and O–H groups in total. The maximum Gasteiger partial charge on any atom is 0.0999 e. The minimum Gasteiger partial charge on any atom is -0.319 e. The van der Waals surface area contributed by atoms with Gasteiger partial charge < -0.3 is 4.72 Å². The maximum atomic E-state index is 6.76. The van der Waals surface area contributed by atoms with Crippen molar-refractivity contribution in [1.29, 1.82) is 5.41 Å². The molecule has 0 fully saturated rings. The number of amidine groups is 1. The molecule has 44 valence electrons. The monoisotopic (exact) mass is 140 g/mol. The molecular formula is C3H9ClN2S. The van der Waals surface area contributed by atoms with Crippen molar-refractivity contribution in [3.8, 4) is 0 Å². The zero-order valence-corrected chi connectivity index (χ0v) is 5.95. The van der Waals surface area contributed by atoms with Gasteiger partial charge in [0.25, 0.3) is 0 Å². The Kier molecular flexibility index (Phi) is 8.87. The number of hydrogen-bond acceptors (Lipinski definition) is 2. The Morgan fingerprint density at radius 3 is 2.14 bits per heavy atom. The first-order valence-electron chi connectivity index (χ1n) is 1.61. The summed E-state index contributed by atoms with van der Waals surface area (Å²) in [6, 6.07) is 0. The zero-order chi connectivity index (χ0) is 4.99. The predicted octanol–water partition coefficient (Wildman–Crippen LogP) is 1.27. The van der Waals surface area contributed by atoms with Gasteiger partial charge in [-0.3, -0.25) is 5.41 Å². The summed E-state index contributed by atoms with van der Waals surface area (Å²) in [5, 5.41) is 6.76. The van der Waals surface area contributed by atoms with Gasteiger partial charge in [-0.2, -0.15) is 0 Å². The van der Waals surface area contributed by atoms with Gasteiger partial charge in [-0.1, -0.05) is 11.9 Å². The second-order valence-corrected chi connectivity index (χ2v) is 1.54. The standard InChI is InChI=1S/C3H8N2S.ClH/c1-3(4)5-6-2;/h1-2H3,(H2,4,5);1H. The SMILES string of the molecule is CSNC(C)=N.Cl. The molecule has 0 spiro atoms. The molecule has 4 heteroatoms. The zero-order valence-electron chi connectivity index (χ0n) is 4.32. The second-order valence-electron chi connectivity index (χ2n) is 0.931. The van der Waals surface area contributed by atoms with Gasteiger partial charge in [0.2, 0.25) is 0 Å². The summed E-state index contributed by atoms with van der Waals surface area (Å²) in [4.78, 5) is 0. The van der Waals surface area contributed by atoms with E-state index in [4.69, 9.17) is 5.41 Å². The van der Waals surface area contributed by atoms with Crippen molar-refractivity contribution in [2.24, 2.45) is 0 Å². The molecule has 0 amide bonds. The van der Waals surface area contributed by atoms with Gasteiger partial charge in [0, 0.05) is 6.26 Å². The summed E-state index contributed by atoms with van der Waals surface area (Å²) >= 11 is 1.44. The van der Waals surface area contributed by atoms with Crippen LogP contribution in [-0.4, -0.2) is 12.1 Å². The van der Waals surface area contributed by atoms with E-state index in [1.165, 1.54) is 11.9 Å². The molecule has 0 aromatic rings. The maximum absolute atomic E-state index is 6.76. The highest BCUT2D eigenvalue weighted by molar-refractivity contribution is 7.97. The number of hydrogen-bond donors (Lipinski definition) is 2. The van der Waals surface area contributed by atoms with Crippen LogP contribution in [0.25, 0.3) is 0 Å². The van der Waals surface area contributed by atoms with E-state index in [9.17, 15) is 0 Å². The van der Waals surface area contributed by atoms with E-state index >= 15 is 0 Å². The van der Waals surface area contributed by atoms with Gasteiger partial charge in [0.1, 0.15) is 0 Å². The number of halogens is 1. The van der Waals surface area contributed by atoms with E-state index in [-0.39, 0.29) is 12.4 Å². The fraction of sp³-hybridized carbons (Fsp3) is 0.667. The number of nitrogens with one attached hydrogen (secondary N) is 2. The first-order chi connectivity index (χ1) is 2.77. The van der Waals surface area contributed by atoms with Crippen molar-refractivity contribution in [3.05, 3.63) is 0 Å². The van der Waals surface area contributed by atoms with Gasteiger partial charge in [0.15, 0.2) is 0 Å². The van der Waals surface area contributed by atoms with Crippen molar-refractivity contribution in [1.82, 2.24) is 4.72 Å². The molecule has 0 saturated heterocycles. The largest absolute Gasteiger partial charge is 0.319 e. The highest BCUT2D eigenvalue weighted by Gasteiger charge is 1.74. The third-order valence-corrected chi connectivity index (χ3v) is 0.765. The van der Waals surface area contributed by atoms with Crippen LogP contribution in [0.1, 0.15) is 6.92 Å². The molecule has 2 nitrogen and oxygen atoms in total. The highest BCUT2D eigenvalue weighted by Crippen LogP contribution is 1.78. The summed E-state index contributed by atoms with van der Waals surface area (Å²) in [6.45, 7) is 1.70. The Hall–Kier alpha value is 0.110. The normalized spacial score (nSPS) is 6.57. The van der Waals surface area contributed by atoms with Crippen LogP contribution in [0.3, 0.4) is 0 Å². The number of rotatable bonds is 1. The molecule has 0 aromatic carbocycles. The van der Waals surface area contributed by atoms with Crippen LogP contribution in [0.5, 0.6) is 0 Å². The molecule has 0 aliphatic carbocycles. The van der Waals surface area contributed by atoms with Gasteiger partial charge >= 0.3 is 0 Å². The third kappa shape index (κ3) is 10.7. The van der Waals surface area contributed by atoms with Crippen LogP contribution in [-0.2, 0) is 0 Å². The molecule has 0 heterocycles. The molecule has 0 saturated carbocycles. The summed E-state index contributed by atoms with van der Waals surface area (Å²) < 4.78 is 2.71. The van der Waals surface area contributed by atoms with Gasteiger partial charge in [-0.25, -0.2) is 0 Å². The Morgan fingerprint density at radius 1 is 1.71 bits per heavy atom. The smallest absolute Gasteiger partial charge is 0.0999 e. The highest BCUT2D eigenvalue weighted by atomic mass is 35.5. The van der Waals surface area contributed by atoms with Gasteiger partial charge in [-0.05, 0) is 6.92 Å². The molecule has 0 aliphatic rings. The second kappa shape index (κ2) is 6.11. The van der Waals surface area contributed by atoms with Crippen molar-refractivity contribution in [2.45, 2.75) is 6.92 Å². The lowest BCUT2D eigenvalue weighted by atomic mass is 10.8. The quantitative estimate of drug-likeness (QED) is 0.327. The lowest BCUT2D eigenvalue weighted by Crippen LogP contribution is -2.07. The Morgan fingerprint density at radius 2 is 2.14 bits per heavy atom. The van der Waals surface area contributed by atoms with Gasteiger partial charge in [0.05, 0.1) is 5.84 Å². The Labute approximate surface area is 54.1 Å². The average Bonchev–Trinajstić information content (AvgIpc) is 1.35. The lowest BCUT2D eigenvalue weighted by molar-refractivity contribution is 1.35. The summed E-state index contributed by atoms with van der Waals surface area (Å²) in [5.41, 5.74) is 0. The average molecular weight is 141 g/mol. The van der Waals surface area contributed by atoms with Crippen molar-refractivity contribution < 1.29 is 0 Å². The van der Waals surface area contributed by atoms with Crippen LogP contribution < -0.4 is 4.72 Å². The van der Waals surface area contributed by atoms with Crippen LogP contribution >= 0.6 is 24.4 Å². The first kappa shape index (κ1) is 10.2. The van der Waals surface area contributed by atoms with Gasteiger partial charge in [-0.15, -0.1) is 12.4 Å². The predicted molar refractivity (Wildman–Crippen MR) is 37.3 cm³/mol. The molecular weight excluding hydrogens is 132 g/mol. The van der Waals surface area contributed by atoms with Crippen LogP contribution in [0, 0.1) is 5.41 Å². The van der Waals surface area contributed by atoms with Crippen molar-refractivity contribution in [2.75, 3.05) is 6.26 Å². The summed E-state index contributed by atoms with van der Waals surface area (Å²) in [7, 11) is 0. The molecule has 7 heavy (non-hydrogen) atoms. The van der Waals surface area contributed by atoms with E-state index in [1.54, 1.807) is 6.92 Å². The summed E-state index contributed by atoms with van der Waals surface area (Å²) in [5.74, 6) is 0.502. The van der Waals surface area contributed by atoms with Crippen molar-refractivity contribution >= 4 is 30.2 Å². The minimum atomic E-state index is 0. The fourth-order valence-corrected chi connectivity index (χ4v) is 0.459. The molecule has 0 aliphatic heterocycles. The van der Waals surface area contributed by atoms with E-state index in [1.807, 2.05) is 6.26 Å². The Bertz CT molecular complexity index is 56.9. The molecule has 0 unspecified atom stereocenters. The van der Waals surface area contributed by atoms with E-state index in [2.05, 4.69) is 4.72 Å². The third-order valence-electron chi connectivity index (χ3n) is 0.255. The first-order valence-corrected chi connectivity index (χ1v) is 2.84. The molecule has 0 aromatic heterocycles. The van der Waals surface area contributed by atoms with Crippen LogP contribution in [0.4, 0.5) is 0 Å². The van der Waals surface area contributed by atoms with E-state index in [0.717, 1.165) is 0 Å². The van der Waals surface area contributed by atoms with E-state index < -0.39 is 0 Å². The molecule has 0 radical (unpaired) electrons. The summed E-state index contributed by atoms with van der Waals surface area (Å²) in [6.07, 6.45) is 1.89. The van der Waals surface area contributed by atoms with Crippen molar-refractivity contribution in [3.63, 3.8) is 0 Å². The Balaban J connectivity index is 0. The van der Waals surface area contributed by atoms with E-state index in [0.29, 0.717) is 5.84 Å². The fourth-order valence-electron chi connectivity index (χ4n) is 0.153. The minimum absolute atomic E-state index is 0. The molecule has 0 bridgehead atoms. The topological polar surface area (TPSA) is 35.9 Å². The van der Waals surface area contributed by atoms with Crippen LogP contribution in [0.15, 0.2) is 0 Å². The molecule has 0 atom stereocenters. The van der Waals surface area contributed by atoms with Crippen LogP contribution in [0.2, 0.25) is 0 Å².